The molecule has 0 heterocycles. The van der Waals surface area contributed by atoms with Gasteiger partial charge < -0.3 is 10.4 Å². The molecular weight excluding hydrogens is 328 g/mol. The predicted molar refractivity (Wildman–Crippen MR) is 87.5 cm³/mol. The Morgan fingerprint density at radius 2 is 1.92 bits per heavy atom. The fourth-order valence-electron chi connectivity index (χ4n) is 4.16. The zero-order chi connectivity index (χ0) is 18.1. The van der Waals surface area contributed by atoms with Crippen LogP contribution in [-0.4, -0.2) is 17.0 Å². The molecule has 0 aliphatic heterocycles. The average Bonchev–Trinajstić information content (AvgIpc) is 3.15. The summed E-state index contributed by atoms with van der Waals surface area (Å²) in [6.07, 6.45) is 5.62. The number of aliphatic carboxylic acids is 1. The van der Waals surface area contributed by atoms with Crippen LogP contribution in [0, 0.1) is 35.3 Å². The van der Waals surface area contributed by atoms with E-state index in [1.165, 1.54) is 6.07 Å². The maximum absolute atomic E-state index is 14.1. The highest BCUT2D eigenvalue weighted by Crippen LogP contribution is 2.48. The zero-order valence-electron chi connectivity index (χ0n) is 13.9. The quantitative estimate of drug-likeness (QED) is 0.773. The van der Waals surface area contributed by atoms with E-state index >= 15 is 0 Å². The molecule has 0 radical (unpaired) electrons. The van der Waals surface area contributed by atoms with Crippen LogP contribution in [0.3, 0.4) is 0 Å². The van der Waals surface area contributed by atoms with E-state index < -0.39 is 35.5 Å². The third-order valence-electron chi connectivity index (χ3n) is 5.28. The summed E-state index contributed by atoms with van der Waals surface area (Å²) in [6.45, 7) is 1.90. The van der Waals surface area contributed by atoms with E-state index in [0.717, 1.165) is 12.1 Å². The molecule has 2 N–H and O–H groups in total. The standard InChI is InChI=1S/C19H21F2NO3/c1-2-3-15(13-7-6-12(20)9-14(13)21)22-18(23)16-10-4-5-11(8-10)17(16)19(24)25/h4-7,9-11,15-17H,2-3,8H2,1H3,(H,22,23)(H,24,25). The molecule has 0 saturated heterocycles. The van der Waals surface area contributed by atoms with Crippen LogP contribution >= 0.6 is 0 Å². The number of nitrogens with one attached hydrogen (secondary N) is 1. The van der Waals surface area contributed by atoms with E-state index in [1.807, 2.05) is 19.1 Å². The molecule has 1 amide bonds. The monoisotopic (exact) mass is 349 g/mol. The van der Waals surface area contributed by atoms with Gasteiger partial charge in [0.25, 0.3) is 0 Å². The Labute approximate surface area is 144 Å². The SMILES string of the molecule is CCCC(NC(=O)C1C2C=CC(C2)C1C(=O)O)c1ccc(F)cc1F. The van der Waals surface area contributed by atoms with Crippen LogP contribution in [0.25, 0.3) is 0 Å². The van der Waals surface area contributed by atoms with Gasteiger partial charge >= 0.3 is 5.97 Å². The van der Waals surface area contributed by atoms with Crippen LogP contribution in [0.15, 0.2) is 30.4 Å². The summed E-state index contributed by atoms with van der Waals surface area (Å²) in [5.41, 5.74) is 0.224. The van der Waals surface area contributed by atoms with Crippen LogP contribution in [0.2, 0.25) is 0 Å². The number of hydrogen-bond acceptors (Lipinski definition) is 2. The molecule has 2 aliphatic carbocycles. The van der Waals surface area contributed by atoms with Crippen LogP contribution in [0.5, 0.6) is 0 Å². The number of hydrogen-bond donors (Lipinski definition) is 2. The predicted octanol–water partition coefficient (Wildman–Crippen LogP) is 3.45. The normalized spacial score (nSPS) is 28.1. The molecule has 1 aromatic carbocycles. The molecule has 1 saturated carbocycles. The van der Waals surface area contributed by atoms with E-state index in [0.29, 0.717) is 19.3 Å². The number of carboxylic acids is 1. The van der Waals surface area contributed by atoms with Crippen molar-refractivity contribution in [1.29, 1.82) is 0 Å². The Balaban J connectivity index is 1.81. The number of rotatable bonds is 6. The zero-order valence-corrected chi connectivity index (χ0v) is 13.9. The van der Waals surface area contributed by atoms with Crippen molar-refractivity contribution in [3.8, 4) is 0 Å². The van der Waals surface area contributed by atoms with Crippen molar-refractivity contribution in [3.63, 3.8) is 0 Å². The van der Waals surface area contributed by atoms with E-state index in [4.69, 9.17) is 0 Å². The second kappa shape index (κ2) is 6.94. The number of allylic oxidation sites excluding steroid dienone is 2. The second-order valence-corrected chi connectivity index (χ2v) is 6.85. The third kappa shape index (κ3) is 3.30. The minimum absolute atomic E-state index is 0.0913. The van der Waals surface area contributed by atoms with Crippen LogP contribution in [0.1, 0.15) is 37.8 Å². The Kier molecular flexibility index (Phi) is 4.88. The highest BCUT2D eigenvalue weighted by Gasteiger charge is 2.51. The second-order valence-electron chi connectivity index (χ2n) is 6.85. The lowest BCUT2D eigenvalue weighted by molar-refractivity contribution is -0.148. The van der Waals surface area contributed by atoms with Gasteiger partial charge in [-0.1, -0.05) is 31.6 Å². The maximum Gasteiger partial charge on any atom is 0.307 e. The lowest BCUT2D eigenvalue weighted by Gasteiger charge is -2.27. The van der Waals surface area contributed by atoms with E-state index in [9.17, 15) is 23.5 Å². The van der Waals surface area contributed by atoms with Crippen LogP contribution in [-0.2, 0) is 9.59 Å². The highest BCUT2D eigenvalue weighted by atomic mass is 19.1. The summed E-state index contributed by atoms with van der Waals surface area (Å²) in [4.78, 5) is 24.3. The fourth-order valence-corrected chi connectivity index (χ4v) is 4.16. The lowest BCUT2D eigenvalue weighted by Crippen LogP contribution is -2.41. The largest absolute Gasteiger partial charge is 0.481 e. The molecule has 1 fully saturated rings. The van der Waals surface area contributed by atoms with Crippen molar-refractivity contribution in [2.45, 2.75) is 32.2 Å². The first-order valence-corrected chi connectivity index (χ1v) is 8.58. The molecule has 2 bridgehead atoms. The summed E-state index contributed by atoms with van der Waals surface area (Å²) in [5.74, 6) is -4.32. The van der Waals surface area contributed by atoms with Gasteiger partial charge in [-0.25, -0.2) is 8.78 Å². The van der Waals surface area contributed by atoms with Gasteiger partial charge in [0.1, 0.15) is 11.6 Å². The van der Waals surface area contributed by atoms with E-state index in [-0.39, 0.29) is 23.3 Å². The molecule has 5 unspecified atom stereocenters. The summed E-state index contributed by atoms with van der Waals surface area (Å²) in [6, 6.07) is 2.69. The fraction of sp³-hybridized carbons (Fsp3) is 0.474. The summed E-state index contributed by atoms with van der Waals surface area (Å²) >= 11 is 0. The maximum atomic E-state index is 14.1. The number of halogens is 2. The topological polar surface area (TPSA) is 66.4 Å². The molecule has 2 aliphatic rings. The molecule has 4 nitrogen and oxygen atoms in total. The molecule has 134 valence electrons. The van der Waals surface area contributed by atoms with Crippen molar-refractivity contribution in [2.24, 2.45) is 23.7 Å². The van der Waals surface area contributed by atoms with E-state index in [1.54, 1.807) is 0 Å². The van der Waals surface area contributed by atoms with Crippen LogP contribution < -0.4 is 5.32 Å². The van der Waals surface area contributed by atoms with Gasteiger partial charge in [-0.15, -0.1) is 0 Å². The summed E-state index contributed by atoms with van der Waals surface area (Å²) in [5, 5.41) is 12.3. The molecular formula is C19H21F2NO3. The smallest absolute Gasteiger partial charge is 0.307 e. The Bertz CT molecular complexity index is 719. The van der Waals surface area contributed by atoms with Crippen LogP contribution in [0.4, 0.5) is 8.78 Å². The first-order chi connectivity index (χ1) is 11.9. The number of carbonyl (C=O) groups is 2. The van der Waals surface area contributed by atoms with Crippen molar-refractivity contribution in [2.75, 3.05) is 0 Å². The Hall–Kier alpha value is -2.24. The summed E-state index contributed by atoms with van der Waals surface area (Å²) < 4.78 is 27.3. The van der Waals surface area contributed by atoms with Gasteiger partial charge in [-0.05, 0) is 30.7 Å². The highest BCUT2D eigenvalue weighted by molar-refractivity contribution is 5.87. The third-order valence-corrected chi connectivity index (χ3v) is 5.28. The number of carbonyl (C=O) groups excluding carboxylic acids is 1. The minimum atomic E-state index is -0.975. The van der Waals surface area contributed by atoms with Crippen molar-refractivity contribution in [3.05, 3.63) is 47.5 Å². The van der Waals surface area contributed by atoms with Gasteiger partial charge in [0.2, 0.25) is 5.91 Å². The first-order valence-electron chi connectivity index (χ1n) is 8.58. The number of amides is 1. The van der Waals surface area contributed by atoms with Gasteiger partial charge in [-0.3, -0.25) is 9.59 Å². The Morgan fingerprint density at radius 1 is 1.24 bits per heavy atom. The Morgan fingerprint density at radius 3 is 2.52 bits per heavy atom. The molecule has 25 heavy (non-hydrogen) atoms. The number of carboxylic acid groups (broad SMARTS) is 1. The number of benzene rings is 1. The molecule has 3 rings (SSSR count). The van der Waals surface area contributed by atoms with Crippen molar-refractivity contribution < 1.29 is 23.5 Å². The van der Waals surface area contributed by atoms with Gasteiger partial charge in [0.05, 0.1) is 17.9 Å². The van der Waals surface area contributed by atoms with Gasteiger partial charge in [0, 0.05) is 11.6 Å². The minimum Gasteiger partial charge on any atom is -0.481 e. The number of fused-ring (bicyclic) bond motifs is 2. The molecule has 1 aromatic rings. The van der Waals surface area contributed by atoms with Crippen molar-refractivity contribution in [1.82, 2.24) is 5.32 Å². The van der Waals surface area contributed by atoms with Gasteiger partial charge in [-0.2, -0.15) is 0 Å². The molecule has 5 atom stereocenters. The van der Waals surface area contributed by atoms with Crippen molar-refractivity contribution >= 4 is 11.9 Å². The first kappa shape index (κ1) is 17.6. The molecule has 0 aromatic heterocycles. The van der Waals surface area contributed by atoms with Gasteiger partial charge in [0.15, 0.2) is 0 Å². The lowest BCUT2D eigenvalue weighted by atomic mass is 9.82. The molecule has 0 spiro atoms. The van der Waals surface area contributed by atoms with E-state index in [2.05, 4.69) is 5.32 Å². The average molecular weight is 349 g/mol. The molecule has 6 heteroatoms. The summed E-state index contributed by atoms with van der Waals surface area (Å²) in [7, 11) is 0.